The van der Waals surface area contributed by atoms with Gasteiger partial charge in [-0.15, -0.1) is 0 Å². The second-order valence-corrected chi connectivity index (χ2v) is 12.2. The van der Waals surface area contributed by atoms with Crippen molar-refractivity contribution in [2.45, 2.75) is 64.1 Å². The number of hydrogen-bond donors (Lipinski definition) is 1. The van der Waals surface area contributed by atoms with Gasteiger partial charge < -0.3 is 15.0 Å². The topological polar surface area (TPSA) is 96.0 Å². The molecule has 3 aromatic carbocycles. The van der Waals surface area contributed by atoms with Crippen molar-refractivity contribution in [3.63, 3.8) is 0 Å². The molecule has 0 aliphatic rings. The van der Waals surface area contributed by atoms with Crippen molar-refractivity contribution < 1.29 is 22.7 Å². The highest BCUT2D eigenvalue weighted by molar-refractivity contribution is 7.92. The first-order valence-corrected chi connectivity index (χ1v) is 15.4. The quantitative estimate of drug-likeness (QED) is 0.277. The van der Waals surface area contributed by atoms with E-state index in [-0.39, 0.29) is 29.1 Å². The minimum atomic E-state index is -4.15. The molecule has 0 radical (unpaired) electrons. The van der Waals surface area contributed by atoms with Crippen molar-refractivity contribution in [2.75, 3.05) is 18.0 Å². The van der Waals surface area contributed by atoms with Crippen LogP contribution in [0.1, 0.15) is 44.7 Å². The summed E-state index contributed by atoms with van der Waals surface area (Å²) in [7, 11) is -2.60. The SMILES string of the molecule is CC[C@@H](C)NC(=O)[C@H](CC)N(Cc1cccc(OC)c1)C(=O)CN(c1ccc(Cl)cc1)S(=O)(=O)c1ccc(C)cc1. The van der Waals surface area contributed by atoms with Crippen LogP contribution in [0.3, 0.4) is 0 Å². The molecular formula is C31H38ClN3O5S. The molecule has 41 heavy (non-hydrogen) atoms. The highest BCUT2D eigenvalue weighted by atomic mass is 35.5. The number of rotatable bonds is 13. The van der Waals surface area contributed by atoms with Crippen molar-refractivity contribution in [3.05, 3.63) is 88.9 Å². The highest BCUT2D eigenvalue weighted by Crippen LogP contribution is 2.27. The first-order chi connectivity index (χ1) is 19.5. The number of methoxy groups -OCH3 is 1. The first-order valence-electron chi connectivity index (χ1n) is 13.6. The average molecular weight is 600 g/mol. The summed E-state index contributed by atoms with van der Waals surface area (Å²) in [5, 5.41) is 3.40. The molecule has 3 rings (SSSR count). The predicted molar refractivity (Wildman–Crippen MR) is 163 cm³/mol. The van der Waals surface area contributed by atoms with Gasteiger partial charge in [-0.25, -0.2) is 8.42 Å². The second kappa shape index (κ2) is 14.4. The normalized spacial score (nSPS) is 12.7. The van der Waals surface area contributed by atoms with Gasteiger partial charge in [0.05, 0.1) is 17.7 Å². The zero-order valence-corrected chi connectivity index (χ0v) is 25.7. The van der Waals surface area contributed by atoms with Crippen LogP contribution >= 0.6 is 11.6 Å². The smallest absolute Gasteiger partial charge is 0.264 e. The summed E-state index contributed by atoms with van der Waals surface area (Å²) in [4.78, 5) is 29.0. The van der Waals surface area contributed by atoms with E-state index in [2.05, 4.69) is 5.32 Å². The summed E-state index contributed by atoms with van der Waals surface area (Å²) in [6.45, 7) is 7.12. The Hall–Kier alpha value is -3.56. The molecular weight excluding hydrogens is 562 g/mol. The van der Waals surface area contributed by atoms with Gasteiger partial charge in [0.2, 0.25) is 11.8 Å². The van der Waals surface area contributed by atoms with Gasteiger partial charge in [-0.3, -0.25) is 13.9 Å². The number of halogens is 1. The van der Waals surface area contributed by atoms with Crippen molar-refractivity contribution in [1.29, 1.82) is 0 Å². The van der Waals surface area contributed by atoms with Crippen LogP contribution in [0.2, 0.25) is 5.02 Å². The van der Waals surface area contributed by atoms with Gasteiger partial charge in [0.15, 0.2) is 0 Å². The summed E-state index contributed by atoms with van der Waals surface area (Å²) in [6.07, 6.45) is 1.06. The first kappa shape index (κ1) is 32.0. The van der Waals surface area contributed by atoms with Gasteiger partial charge in [0, 0.05) is 17.6 Å². The van der Waals surface area contributed by atoms with E-state index in [0.717, 1.165) is 21.9 Å². The number of nitrogens with one attached hydrogen (secondary N) is 1. The van der Waals surface area contributed by atoms with E-state index in [4.69, 9.17) is 16.3 Å². The van der Waals surface area contributed by atoms with Crippen molar-refractivity contribution >= 4 is 39.1 Å². The Labute approximate surface area is 248 Å². The van der Waals surface area contributed by atoms with Gasteiger partial charge in [-0.05, 0) is 80.8 Å². The molecule has 0 aliphatic carbocycles. The molecule has 0 bridgehead atoms. The van der Waals surface area contributed by atoms with Crippen LogP contribution in [0, 0.1) is 6.92 Å². The summed E-state index contributed by atoms with van der Waals surface area (Å²) >= 11 is 6.09. The Morgan fingerprint density at radius 1 is 0.976 bits per heavy atom. The molecule has 10 heteroatoms. The molecule has 0 fully saturated rings. The fraction of sp³-hybridized carbons (Fsp3) is 0.355. The monoisotopic (exact) mass is 599 g/mol. The molecule has 0 unspecified atom stereocenters. The minimum Gasteiger partial charge on any atom is -0.497 e. The third kappa shape index (κ3) is 8.24. The lowest BCUT2D eigenvalue weighted by atomic mass is 10.1. The van der Waals surface area contributed by atoms with Crippen molar-refractivity contribution in [2.24, 2.45) is 0 Å². The Balaban J connectivity index is 2.06. The molecule has 220 valence electrons. The highest BCUT2D eigenvalue weighted by Gasteiger charge is 2.34. The fourth-order valence-electron chi connectivity index (χ4n) is 4.30. The van der Waals surface area contributed by atoms with Gasteiger partial charge in [0.25, 0.3) is 10.0 Å². The fourth-order valence-corrected chi connectivity index (χ4v) is 5.84. The number of benzene rings is 3. The van der Waals surface area contributed by atoms with E-state index in [1.807, 2.05) is 33.8 Å². The molecule has 0 heterocycles. The third-order valence-corrected chi connectivity index (χ3v) is 8.92. The van der Waals surface area contributed by atoms with Crippen LogP contribution in [0.15, 0.2) is 77.7 Å². The van der Waals surface area contributed by atoms with E-state index >= 15 is 0 Å². The number of sulfonamides is 1. The van der Waals surface area contributed by atoms with E-state index in [1.54, 1.807) is 61.7 Å². The van der Waals surface area contributed by atoms with Gasteiger partial charge >= 0.3 is 0 Å². The molecule has 0 saturated heterocycles. The van der Waals surface area contributed by atoms with E-state index in [0.29, 0.717) is 17.2 Å². The lowest BCUT2D eigenvalue weighted by molar-refractivity contribution is -0.140. The van der Waals surface area contributed by atoms with Crippen molar-refractivity contribution in [3.8, 4) is 5.75 Å². The zero-order chi connectivity index (χ0) is 30.2. The number of amides is 2. The molecule has 2 amide bonds. The van der Waals surface area contributed by atoms with Crippen molar-refractivity contribution in [1.82, 2.24) is 10.2 Å². The Kier molecular flexibility index (Phi) is 11.2. The van der Waals surface area contributed by atoms with E-state index < -0.39 is 28.5 Å². The molecule has 3 aromatic rings. The lowest BCUT2D eigenvalue weighted by Gasteiger charge is -2.33. The molecule has 0 spiro atoms. The third-order valence-electron chi connectivity index (χ3n) is 6.88. The number of carbonyl (C=O) groups excluding carboxylic acids is 2. The standard InChI is InChI=1S/C31H38ClN3O5S/c1-6-23(4)33-31(37)29(7-2)34(20-24-9-8-10-27(19-24)40-5)30(36)21-35(26-15-13-25(32)14-16-26)41(38,39)28-17-11-22(3)12-18-28/h8-19,23,29H,6-7,20-21H2,1-5H3,(H,33,37)/t23-,29+/m1/s1. The molecule has 1 N–H and O–H groups in total. The number of carbonyl (C=O) groups is 2. The number of aryl methyl sites for hydroxylation is 1. The van der Waals surface area contributed by atoms with Crippen LogP contribution in [-0.2, 0) is 26.2 Å². The summed E-state index contributed by atoms with van der Waals surface area (Å²) < 4.78 is 34.2. The number of hydrogen-bond acceptors (Lipinski definition) is 5. The average Bonchev–Trinajstić information content (AvgIpc) is 2.96. The molecule has 0 aliphatic heterocycles. The summed E-state index contributed by atoms with van der Waals surface area (Å²) in [5.74, 6) is -0.209. The van der Waals surface area contributed by atoms with Crippen LogP contribution in [-0.4, -0.2) is 50.9 Å². The molecule has 8 nitrogen and oxygen atoms in total. The minimum absolute atomic E-state index is 0.0479. The number of nitrogens with zero attached hydrogens (tertiary/aromatic N) is 2. The lowest BCUT2D eigenvalue weighted by Crippen LogP contribution is -2.53. The van der Waals surface area contributed by atoms with Gasteiger partial charge in [0.1, 0.15) is 18.3 Å². The largest absolute Gasteiger partial charge is 0.497 e. The second-order valence-electron chi connectivity index (χ2n) is 9.92. The Morgan fingerprint density at radius 2 is 1.63 bits per heavy atom. The maximum atomic E-state index is 14.1. The Bertz CT molecular complexity index is 1430. The van der Waals surface area contributed by atoms with Gasteiger partial charge in [-0.1, -0.05) is 55.3 Å². The summed E-state index contributed by atoms with van der Waals surface area (Å²) in [6, 6.07) is 19.0. The molecule has 0 aromatic heterocycles. The van der Waals surface area contributed by atoms with E-state index in [1.165, 1.54) is 17.0 Å². The maximum Gasteiger partial charge on any atom is 0.264 e. The van der Waals surface area contributed by atoms with Crippen LogP contribution in [0.4, 0.5) is 5.69 Å². The molecule has 0 saturated carbocycles. The zero-order valence-electron chi connectivity index (χ0n) is 24.1. The molecule has 2 atom stereocenters. The van der Waals surface area contributed by atoms with Crippen LogP contribution in [0.25, 0.3) is 0 Å². The number of anilines is 1. The van der Waals surface area contributed by atoms with Crippen LogP contribution in [0.5, 0.6) is 5.75 Å². The predicted octanol–water partition coefficient (Wildman–Crippen LogP) is 5.57. The maximum absolute atomic E-state index is 14.1. The summed E-state index contributed by atoms with van der Waals surface area (Å²) in [5.41, 5.74) is 1.93. The van der Waals surface area contributed by atoms with E-state index in [9.17, 15) is 18.0 Å². The van der Waals surface area contributed by atoms with Crippen LogP contribution < -0.4 is 14.4 Å². The van der Waals surface area contributed by atoms with Gasteiger partial charge in [-0.2, -0.15) is 0 Å². The number of ether oxygens (including phenoxy) is 1. The Morgan fingerprint density at radius 3 is 2.22 bits per heavy atom.